The lowest BCUT2D eigenvalue weighted by atomic mass is 10.2. The quantitative estimate of drug-likeness (QED) is 0.770. The predicted octanol–water partition coefficient (Wildman–Crippen LogP) is 1.69. The van der Waals surface area contributed by atoms with E-state index < -0.39 is 0 Å². The van der Waals surface area contributed by atoms with Crippen LogP contribution in [0.5, 0.6) is 0 Å². The third-order valence-corrected chi connectivity index (χ3v) is 2.89. The van der Waals surface area contributed by atoms with Gasteiger partial charge in [-0.2, -0.15) is 0 Å². The molecule has 0 spiro atoms. The van der Waals surface area contributed by atoms with E-state index in [0.29, 0.717) is 12.5 Å². The number of hydrogen-bond acceptors (Lipinski definition) is 5. The van der Waals surface area contributed by atoms with Crippen molar-refractivity contribution in [1.82, 2.24) is 24.9 Å². The minimum Gasteiger partial charge on any atom is -0.340 e. The molecule has 6 heteroatoms. The van der Waals surface area contributed by atoms with Crippen molar-refractivity contribution in [2.24, 2.45) is 0 Å². The van der Waals surface area contributed by atoms with Gasteiger partial charge in [0.15, 0.2) is 0 Å². The molecule has 6 nitrogen and oxygen atoms in total. The standard InChI is InChI=1S/C13H14N6/c1-9-3-4-10-11(5-9)18-12(17-10)6-19(2)13-15-7-14-8-16-13/h3-5,7-8H,6H2,1-2H3,(H,17,18). The fourth-order valence-electron chi connectivity index (χ4n) is 1.98. The fourth-order valence-corrected chi connectivity index (χ4v) is 1.98. The smallest absolute Gasteiger partial charge is 0.228 e. The van der Waals surface area contributed by atoms with Gasteiger partial charge < -0.3 is 9.88 Å². The van der Waals surface area contributed by atoms with Crippen LogP contribution in [0.3, 0.4) is 0 Å². The Kier molecular flexibility index (Phi) is 2.83. The summed E-state index contributed by atoms with van der Waals surface area (Å²) < 4.78 is 0. The molecule has 0 radical (unpaired) electrons. The Hall–Kier alpha value is -2.50. The van der Waals surface area contributed by atoms with Gasteiger partial charge in [-0.25, -0.2) is 19.9 Å². The Morgan fingerprint density at radius 3 is 2.79 bits per heavy atom. The van der Waals surface area contributed by atoms with Gasteiger partial charge in [0.2, 0.25) is 5.95 Å². The molecule has 0 unspecified atom stereocenters. The van der Waals surface area contributed by atoms with Crippen molar-refractivity contribution in [3.05, 3.63) is 42.2 Å². The lowest BCUT2D eigenvalue weighted by molar-refractivity contribution is 0.816. The average molecular weight is 254 g/mol. The topological polar surface area (TPSA) is 70.6 Å². The summed E-state index contributed by atoms with van der Waals surface area (Å²) in [5.74, 6) is 1.52. The number of rotatable bonds is 3. The number of fused-ring (bicyclic) bond motifs is 1. The SMILES string of the molecule is Cc1ccc2nc(CN(C)c3ncncn3)[nH]c2c1. The van der Waals surface area contributed by atoms with Crippen molar-refractivity contribution in [1.29, 1.82) is 0 Å². The molecule has 3 aromatic rings. The first-order valence-electron chi connectivity index (χ1n) is 6.01. The van der Waals surface area contributed by atoms with E-state index in [1.54, 1.807) is 0 Å². The molecule has 0 aliphatic carbocycles. The predicted molar refractivity (Wildman–Crippen MR) is 72.8 cm³/mol. The average Bonchev–Trinajstić information content (AvgIpc) is 2.81. The second-order valence-electron chi connectivity index (χ2n) is 4.50. The van der Waals surface area contributed by atoms with Gasteiger partial charge in [0.05, 0.1) is 17.6 Å². The summed E-state index contributed by atoms with van der Waals surface area (Å²) in [7, 11) is 1.92. The van der Waals surface area contributed by atoms with Crippen molar-refractivity contribution in [3.8, 4) is 0 Å². The van der Waals surface area contributed by atoms with Crippen LogP contribution in [0.1, 0.15) is 11.4 Å². The molecule has 0 amide bonds. The van der Waals surface area contributed by atoms with Crippen molar-refractivity contribution < 1.29 is 0 Å². The number of aryl methyl sites for hydroxylation is 1. The van der Waals surface area contributed by atoms with Gasteiger partial charge in [0.25, 0.3) is 0 Å². The van der Waals surface area contributed by atoms with Crippen LogP contribution in [0.15, 0.2) is 30.9 Å². The van der Waals surface area contributed by atoms with Crippen LogP contribution in [0.2, 0.25) is 0 Å². The van der Waals surface area contributed by atoms with Crippen LogP contribution in [0, 0.1) is 6.92 Å². The molecule has 3 rings (SSSR count). The number of nitrogens with one attached hydrogen (secondary N) is 1. The van der Waals surface area contributed by atoms with Crippen molar-refractivity contribution >= 4 is 17.0 Å². The molecular weight excluding hydrogens is 240 g/mol. The molecule has 2 heterocycles. The second-order valence-corrected chi connectivity index (χ2v) is 4.50. The van der Waals surface area contributed by atoms with E-state index in [0.717, 1.165) is 16.9 Å². The highest BCUT2D eigenvalue weighted by molar-refractivity contribution is 5.75. The Labute approximate surface area is 110 Å². The van der Waals surface area contributed by atoms with Crippen LogP contribution in [-0.4, -0.2) is 32.0 Å². The van der Waals surface area contributed by atoms with Crippen LogP contribution < -0.4 is 4.90 Å². The Bertz CT molecular complexity index is 691. The molecule has 2 aromatic heterocycles. The largest absolute Gasteiger partial charge is 0.340 e. The number of hydrogen-bond donors (Lipinski definition) is 1. The van der Waals surface area contributed by atoms with Gasteiger partial charge >= 0.3 is 0 Å². The first-order valence-corrected chi connectivity index (χ1v) is 6.01. The second kappa shape index (κ2) is 4.64. The lowest BCUT2D eigenvalue weighted by Crippen LogP contribution is -2.19. The van der Waals surface area contributed by atoms with Gasteiger partial charge in [-0.05, 0) is 24.6 Å². The van der Waals surface area contributed by atoms with Crippen LogP contribution in [-0.2, 0) is 6.54 Å². The lowest BCUT2D eigenvalue weighted by Gasteiger charge is -2.14. The van der Waals surface area contributed by atoms with Gasteiger partial charge in [-0.15, -0.1) is 0 Å². The first kappa shape index (κ1) is 11.6. The van der Waals surface area contributed by atoms with E-state index in [1.807, 2.05) is 18.0 Å². The number of imidazole rings is 1. The maximum Gasteiger partial charge on any atom is 0.228 e. The number of benzene rings is 1. The van der Waals surface area contributed by atoms with E-state index >= 15 is 0 Å². The molecule has 1 aromatic carbocycles. The minimum absolute atomic E-state index is 0.623. The highest BCUT2D eigenvalue weighted by atomic mass is 15.3. The molecule has 0 fully saturated rings. The summed E-state index contributed by atoms with van der Waals surface area (Å²) in [6, 6.07) is 6.17. The van der Waals surface area contributed by atoms with Crippen molar-refractivity contribution in [2.75, 3.05) is 11.9 Å². The maximum absolute atomic E-state index is 4.55. The zero-order chi connectivity index (χ0) is 13.2. The van der Waals surface area contributed by atoms with E-state index in [-0.39, 0.29) is 0 Å². The first-order chi connectivity index (χ1) is 9.22. The highest BCUT2D eigenvalue weighted by Gasteiger charge is 2.08. The minimum atomic E-state index is 0.623. The molecule has 0 aliphatic heterocycles. The molecule has 0 bridgehead atoms. The van der Waals surface area contributed by atoms with E-state index in [4.69, 9.17) is 0 Å². The van der Waals surface area contributed by atoms with Gasteiger partial charge in [0, 0.05) is 7.05 Å². The van der Waals surface area contributed by atoms with Gasteiger partial charge in [-0.1, -0.05) is 6.07 Å². The molecule has 0 saturated carbocycles. The van der Waals surface area contributed by atoms with E-state index in [1.165, 1.54) is 18.2 Å². The van der Waals surface area contributed by atoms with Crippen molar-refractivity contribution in [3.63, 3.8) is 0 Å². The van der Waals surface area contributed by atoms with Crippen LogP contribution >= 0.6 is 0 Å². The molecule has 0 saturated heterocycles. The molecule has 19 heavy (non-hydrogen) atoms. The third-order valence-electron chi connectivity index (χ3n) is 2.89. The van der Waals surface area contributed by atoms with Crippen LogP contribution in [0.25, 0.3) is 11.0 Å². The number of aromatic amines is 1. The van der Waals surface area contributed by atoms with E-state index in [2.05, 4.69) is 44.0 Å². The zero-order valence-corrected chi connectivity index (χ0v) is 10.8. The van der Waals surface area contributed by atoms with Crippen molar-refractivity contribution in [2.45, 2.75) is 13.5 Å². The highest BCUT2D eigenvalue weighted by Crippen LogP contribution is 2.15. The third kappa shape index (κ3) is 2.37. The summed E-state index contributed by atoms with van der Waals surface area (Å²) in [6.07, 6.45) is 2.97. The Morgan fingerprint density at radius 1 is 1.21 bits per heavy atom. The fraction of sp³-hybridized carbons (Fsp3) is 0.231. The number of nitrogens with zero attached hydrogens (tertiary/aromatic N) is 5. The van der Waals surface area contributed by atoms with E-state index in [9.17, 15) is 0 Å². The molecule has 0 aliphatic rings. The zero-order valence-electron chi connectivity index (χ0n) is 10.8. The molecular formula is C13H14N6. The summed E-state index contributed by atoms with van der Waals surface area (Å²) in [5, 5.41) is 0. The number of H-pyrrole nitrogens is 1. The summed E-state index contributed by atoms with van der Waals surface area (Å²) >= 11 is 0. The molecule has 96 valence electrons. The van der Waals surface area contributed by atoms with Gasteiger partial charge in [-0.3, -0.25) is 0 Å². The molecule has 0 atom stereocenters. The monoisotopic (exact) mass is 254 g/mol. The summed E-state index contributed by atoms with van der Waals surface area (Å²) in [4.78, 5) is 21.8. The normalized spacial score (nSPS) is 10.8. The van der Waals surface area contributed by atoms with Crippen LogP contribution in [0.4, 0.5) is 5.95 Å². The number of anilines is 1. The maximum atomic E-state index is 4.55. The molecule has 1 N–H and O–H groups in total. The Balaban J connectivity index is 1.85. The summed E-state index contributed by atoms with van der Waals surface area (Å²) in [5.41, 5.74) is 3.25. The summed E-state index contributed by atoms with van der Waals surface area (Å²) in [6.45, 7) is 2.69. The number of aromatic nitrogens is 5. The Morgan fingerprint density at radius 2 is 2.00 bits per heavy atom. The van der Waals surface area contributed by atoms with Gasteiger partial charge in [0.1, 0.15) is 18.5 Å².